The molecule has 2 aliphatic rings. The van der Waals surface area contributed by atoms with Gasteiger partial charge in [-0.05, 0) is 23.3 Å². The van der Waals surface area contributed by atoms with Crippen LogP contribution in [-0.4, -0.2) is 30.9 Å². The fraction of sp³-hybridized carbons (Fsp3) is 0.192. The number of rotatable bonds is 4. The van der Waals surface area contributed by atoms with E-state index in [0.29, 0.717) is 0 Å². The number of carbonyl (C=O) groups excluding carboxylic acids is 3. The molecule has 0 aromatic heterocycles. The number of nitrogens with one attached hydrogen (secondary N) is 1. The smallest absolute Gasteiger partial charge is 0.323 e. The summed E-state index contributed by atoms with van der Waals surface area (Å²) in [6.07, 6.45) is 0. The van der Waals surface area contributed by atoms with Crippen LogP contribution in [0.1, 0.15) is 11.1 Å². The largest absolute Gasteiger partial charge is 0.468 e. The van der Waals surface area contributed by atoms with E-state index in [1.807, 2.05) is 60.7 Å². The van der Waals surface area contributed by atoms with Crippen LogP contribution in [0.5, 0.6) is 0 Å². The van der Waals surface area contributed by atoms with Crippen LogP contribution in [0.15, 0.2) is 78.9 Å². The second-order valence-electron chi connectivity index (χ2n) is 8.27. The van der Waals surface area contributed by atoms with Crippen LogP contribution in [0.4, 0.5) is 5.69 Å². The highest BCUT2D eigenvalue weighted by Crippen LogP contribution is 2.53. The molecule has 3 aromatic rings. The quantitative estimate of drug-likeness (QED) is 0.434. The summed E-state index contributed by atoms with van der Waals surface area (Å²) in [6.45, 7) is 0. The molecule has 172 valence electrons. The molecule has 2 fully saturated rings. The molecule has 5 rings (SSSR count). The maximum atomic E-state index is 14.1. The predicted octanol–water partition coefficient (Wildman–Crippen LogP) is 4.19. The highest BCUT2D eigenvalue weighted by atomic mass is 35.5. The zero-order valence-electron chi connectivity index (χ0n) is 18.1. The number of anilines is 1. The van der Waals surface area contributed by atoms with Gasteiger partial charge >= 0.3 is 5.97 Å². The minimum Gasteiger partial charge on any atom is -0.468 e. The number of hydrogen-bond donors (Lipinski definition) is 1. The molecule has 1 N–H and O–H groups in total. The van der Waals surface area contributed by atoms with Crippen molar-refractivity contribution in [3.05, 3.63) is 100 Å². The number of esters is 1. The van der Waals surface area contributed by atoms with E-state index in [1.165, 1.54) is 7.11 Å². The van der Waals surface area contributed by atoms with Crippen LogP contribution in [0.2, 0.25) is 10.0 Å². The van der Waals surface area contributed by atoms with E-state index in [0.717, 1.165) is 16.0 Å². The fourth-order valence-corrected chi connectivity index (χ4v) is 5.82. The van der Waals surface area contributed by atoms with E-state index in [2.05, 4.69) is 5.32 Å². The summed E-state index contributed by atoms with van der Waals surface area (Å²) in [5.74, 6) is -3.64. The molecule has 34 heavy (non-hydrogen) atoms. The summed E-state index contributed by atoms with van der Waals surface area (Å²) in [7, 11) is 1.26. The molecule has 2 heterocycles. The molecule has 3 aromatic carbocycles. The van der Waals surface area contributed by atoms with Gasteiger partial charge in [-0.25, -0.2) is 4.90 Å². The number of amides is 2. The van der Waals surface area contributed by atoms with Crippen molar-refractivity contribution < 1.29 is 19.1 Å². The second kappa shape index (κ2) is 8.55. The molecular formula is C26H20Cl2N2O4. The average Bonchev–Trinajstić information content (AvgIpc) is 3.35. The van der Waals surface area contributed by atoms with Gasteiger partial charge in [-0.15, -0.1) is 0 Å². The van der Waals surface area contributed by atoms with E-state index in [-0.39, 0.29) is 15.7 Å². The molecule has 6 nitrogen and oxygen atoms in total. The zero-order valence-corrected chi connectivity index (χ0v) is 19.6. The summed E-state index contributed by atoms with van der Waals surface area (Å²) in [5, 5.41) is 3.68. The van der Waals surface area contributed by atoms with Crippen LogP contribution in [0.3, 0.4) is 0 Å². The van der Waals surface area contributed by atoms with Crippen LogP contribution < -0.4 is 10.2 Å². The van der Waals surface area contributed by atoms with Gasteiger partial charge in [0.2, 0.25) is 11.8 Å². The number of fused-ring (bicyclic) bond motifs is 1. The van der Waals surface area contributed by atoms with Gasteiger partial charge < -0.3 is 4.74 Å². The third-order valence-electron chi connectivity index (χ3n) is 6.63. The molecule has 2 amide bonds. The molecule has 2 aliphatic heterocycles. The van der Waals surface area contributed by atoms with E-state index in [1.54, 1.807) is 18.2 Å². The maximum absolute atomic E-state index is 14.1. The Bertz CT molecular complexity index is 1220. The average molecular weight is 495 g/mol. The number of ether oxygens (including phenoxy) is 1. The lowest BCUT2D eigenvalue weighted by Gasteiger charge is -2.36. The Labute approximate surface area is 206 Å². The molecule has 0 aliphatic carbocycles. The molecule has 0 bridgehead atoms. The van der Waals surface area contributed by atoms with Gasteiger partial charge in [0.15, 0.2) is 0 Å². The van der Waals surface area contributed by atoms with E-state index >= 15 is 0 Å². The molecule has 3 atom stereocenters. The van der Waals surface area contributed by atoms with Crippen molar-refractivity contribution in [2.24, 2.45) is 11.8 Å². The minimum atomic E-state index is -1.17. The van der Waals surface area contributed by atoms with Gasteiger partial charge in [0, 0.05) is 0 Å². The van der Waals surface area contributed by atoms with Crippen molar-refractivity contribution in [2.45, 2.75) is 11.6 Å². The van der Waals surface area contributed by atoms with Gasteiger partial charge in [-0.2, -0.15) is 0 Å². The lowest BCUT2D eigenvalue weighted by molar-refractivity contribution is -0.145. The first-order chi connectivity index (χ1) is 16.4. The first-order valence-electron chi connectivity index (χ1n) is 10.7. The molecule has 0 unspecified atom stereocenters. The summed E-state index contributed by atoms with van der Waals surface area (Å²) in [4.78, 5) is 41.9. The van der Waals surface area contributed by atoms with Crippen LogP contribution in [0, 0.1) is 11.8 Å². The van der Waals surface area contributed by atoms with Crippen molar-refractivity contribution in [1.29, 1.82) is 0 Å². The van der Waals surface area contributed by atoms with E-state index < -0.39 is 41.2 Å². The van der Waals surface area contributed by atoms with Crippen LogP contribution in [-0.2, 0) is 24.7 Å². The summed E-state index contributed by atoms with van der Waals surface area (Å²) < 4.78 is 5.04. The number of nitrogens with zero attached hydrogens (tertiary/aromatic N) is 1. The number of halogens is 2. The number of imide groups is 1. The monoisotopic (exact) mass is 494 g/mol. The van der Waals surface area contributed by atoms with Crippen molar-refractivity contribution in [3.8, 4) is 0 Å². The van der Waals surface area contributed by atoms with Crippen molar-refractivity contribution in [1.82, 2.24) is 5.32 Å². The molecule has 0 radical (unpaired) electrons. The predicted molar refractivity (Wildman–Crippen MR) is 129 cm³/mol. The highest BCUT2D eigenvalue weighted by Gasteiger charge is 2.68. The second-order valence-corrected chi connectivity index (χ2v) is 9.09. The van der Waals surface area contributed by atoms with Gasteiger partial charge in [0.05, 0.1) is 40.2 Å². The normalized spacial score (nSPS) is 23.1. The Morgan fingerprint density at radius 1 is 0.853 bits per heavy atom. The topological polar surface area (TPSA) is 75.7 Å². The van der Waals surface area contributed by atoms with Crippen LogP contribution >= 0.6 is 23.2 Å². The Balaban J connectivity index is 1.78. The summed E-state index contributed by atoms with van der Waals surface area (Å²) in [6, 6.07) is 22.3. The van der Waals surface area contributed by atoms with Gasteiger partial charge in [-0.1, -0.05) is 89.9 Å². The first kappa shape index (κ1) is 22.6. The lowest BCUT2D eigenvalue weighted by atomic mass is 9.72. The number of benzene rings is 3. The third-order valence-corrected chi connectivity index (χ3v) is 7.24. The minimum absolute atomic E-state index is 0.119. The molecule has 0 saturated carbocycles. The number of methoxy groups -OCH3 is 1. The molecule has 0 spiro atoms. The lowest BCUT2D eigenvalue weighted by Crippen LogP contribution is -2.52. The molecule has 2 saturated heterocycles. The number of para-hydroxylation sites is 1. The van der Waals surface area contributed by atoms with Gasteiger partial charge in [-0.3, -0.25) is 19.7 Å². The maximum Gasteiger partial charge on any atom is 0.323 e. The molecule has 8 heteroatoms. The first-order valence-corrected chi connectivity index (χ1v) is 11.5. The number of hydrogen-bond acceptors (Lipinski definition) is 5. The Morgan fingerprint density at radius 2 is 1.38 bits per heavy atom. The van der Waals surface area contributed by atoms with Crippen LogP contribution in [0.25, 0.3) is 0 Å². The Hall–Kier alpha value is -3.19. The third kappa shape index (κ3) is 3.17. The van der Waals surface area contributed by atoms with E-state index in [4.69, 9.17) is 27.9 Å². The Morgan fingerprint density at radius 3 is 1.88 bits per heavy atom. The standard InChI is InChI=1S/C26H20Cl2N2O4/c1-34-25(33)21-19-20(24(32)30(23(19)31)22-17(27)13-8-14-18(22)28)26(29-21,15-9-4-2-5-10-15)16-11-6-3-7-12-16/h2-14,19-21,29H,1H3/t19-,20-,21+/m0/s1. The summed E-state index contributed by atoms with van der Waals surface area (Å²) in [5.41, 5.74) is 0.446. The van der Waals surface area contributed by atoms with E-state index in [9.17, 15) is 14.4 Å². The van der Waals surface area contributed by atoms with Gasteiger partial charge in [0.25, 0.3) is 0 Å². The van der Waals surface area contributed by atoms with Crippen molar-refractivity contribution in [2.75, 3.05) is 12.0 Å². The van der Waals surface area contributed by atoms with Crippen molar-refractivity contribution >= 4 is 46.7 Å². The highest BCUT2D eigenvalue weighted by molar-refractivity contribution is 6.42. The SMILES string of the molecule is COC(=O)[C@@H]1NC(c2ccccc2)(c2ccccc2)[C@@H]2C(=O)N(c3c(Cl)cccc3Cl)C(=O)[C@@H]21. The van der Waals surface area contributed by atoms with Gasteiger partial charge in [0.1, 0.15) is 6.04 Å². The number of carbonyl (C=O) groups is 3. The fourth-order valence-electron chi connectivity index (χ4n) is 5.26. The Kier molecular flexibility index (Phi) is 5.68. The summed E-state index contributed by atoms with van der Waals surface area (Å²) >= 11 is 12.8. The van der Waals surface area contributed by atoms with Crippen molar-refractivity contribution in [3.63, 3.8) is 0 Å². The molecular weight excluding hydrogens is 475 g/mol. The zero-order chi connectivity index (χ0) is 24.0.